The van der Waals surface area contributed by atoms with Crippen molar-refractivity contribution in [1.82, 2.24) is 20.1 Å². The van der Waals surface area contributed by atoms with Crippen LogP contribution in [0.2, 0.25) is 0 Å². The minimum atomic E-state index is -0.309. The van der Waals surface area contributed by atoms with E-state index >= 15 is 0 Å². The van der Waals surface area contributed by atoms with Gasteiger partial charge in [-0.2, -0.15) is 0 Å². The van der Waals surface area contributed by atoms with E-state index in [1.54, 1.807) is 12.1 Å². The molecule has 5 rings (SSSR count). The van der Waals surface area contributed by atoms with Gasteiger partial charge in [0.2, 0.25) is 12.7 Å². The molecule has 0 aliphatic carbocycles. The lowest BCUT2D eigenvalue weighted by Crippen LogP contribution is -2.28. The zero-order valence-corrected chi connectivity index (χ0v) is 19.1. The Bertz CT molecular complexity index is 1310. The largest absolute Gasteiger partial charge is 0.454 e. The number of hydrogen-bond acceptors (Lipinski definition) is 6. The summed E-state index contributed by atoms with van der Waals surface area (Å²) in [6, 6.07) is 21.2. The molecule has 34 heavy (non-hydrogen) atoms. The first-order chi connectivity index (χ1) is 16.6. The van der Waals surface area contributed by atoms with E-state index in [1.807, 2.05) is 60.0 Å². The second kappa shape index (κ2) is 9.56. The molecule has 0 fully saturated rings. The highest BCUT2D eigenvalue weighted by Crippen LogP contribution is 2.37. The van der Waals surface area contributed by atoms with Gasteiger partial charge in [0.05, 0.1) is 11.8 Å². The van der Waals surface area contributed by atoms with Crippen LogP contribution in [0.3, 0.4) is 0 Å². The van der Waals surface area contributed by atoms with Crippen molar-refractivity contribution in [2.75, 3.05) is 12.5 Å². The maximum Gasteiger partial charge on any atom is 0.231 e. The van der Waals surface area contributed by atoms with Crippen molar-refractivity contribution >= 4 is 17.7 Å². The van der Waals surface area contributed by atoms with Crippen LogP contribution < -0.4 is 14.8 Å². The first-order valence-corrected chi connectivity index (χ1v) is 11.7. The number of carbonyl (C=O) groups is 1. The number of aromatic nitrogens is 3. The predicted molar refractivity (Wildman–Crippen MR) is 127 cm³/mol. The number of carbonyl (C=O) groups excluding carboxylic acids is 1. The molecule has 1 N–H and O–H groups in total. The van der Waals surface area contributed by atoms with Crippen LogP contribution in [0.25, 0.3) is 17.1 Å². The fourth-order valence-electron chi connectivity index (χ4n) is 3.64. The van der Waals surface area contributed by atoms with E-state index < -0.39 is 0 Å². The predicted octanol–water partition coefficient (Wildman–Crippen LogP) is 4.77. The zero-order valence-electron chi connectivity index (χ0n) is 18.3. The lowest BCUT2D eigenvalue weighted by atomic mass is 10.1. The molecule has 0 spiro atoms. The number of rotatable bonds is 7. The number of ether oxygens (including phenoxy) is 2. The quantitative estimate of drug-likeness (QED) is 0.387. The van der Waals surface area contributed by atoms with E-state index in [4.69, 9.17) is 9.47 Å². The zero-order chi connectivity index (χ0) is 23.5. The number of benzene rings is 3. The molecule has 1 amide bonds. The summed E-state index contributed by atoms with van der Waals surface area (Å²) in [7, 11) is 0. The van der Waals surface area contributed by atoms with E-state index in [1.165, 1.54) is 23.9 Å². The average Bonchev–Trinajstić information content (AvgIpc) is 3.50. The molecule has 3 aromatic carbocycles. The van der Waals surface area contributed by atoms with Gasteiger partial charge >= 0.3 is 0 Å². The van der Waals surface area contributed by atoms with E-state index in [0.717, 1.165) is 16.8 Å². The van der Waals surface area contributed by atoms with Crippen molar-refractivity contribution in [2.45, 2.75) is 18.1 Å². The van der Waals surface area contributed by atoms with Crippen LogP contribution in [-0.4, -0.2) is 33.2 Å². The van der Waals surface area contributed by atoms with Crippen molar-refractivity contribution in [3.05, 3.63) is 84.2 Å². The summed E-state index contributed by atoms with van der Waals surface area (Å²) in [5.74, 6) is 1.66. The first kappa shape index (κ1) is 22.0. The SMILES string of the molecule is C[C@@H](NC(=O)CSc1nnc(-c2ccc3c(c2)OCO3)n1-c1ccccc1)c1ccc(F)cc1. The van der Waals surface area contributed by atoms with Crippen LogP contribution in [-0.2, 0) is 4.79 Å². The molecule has 0 unspecified atom stereocenters. The maximum absolute atomic E-state index is 13.2. The second-order valence-corrected chi connectivity index (χ2v) is 8.62. The summed E-state index contributed by atoms with van der Waals surface area (Å²) in [6.07, 6.45) is 0. The summed E-state index contributed by atoms with van der Waals surface area (Å²) in [6.45, 7) is 2.05. The molecule has 1 aliphatic heterocycles. The van der Waals surface area contributed by atoms with Crippen LogP contribution in [0.4, 0.5) is 4.39 Å². The van der Waals surface area contributed by atoms with Gasteiger partial charge in [0, 0.05) is 11.3 Å². The smallest absolute Gasteiger partial charge is 0.231 e. The maximum atomic E-state index is 13.2. The fourth-order valence-corrected chi connectivity index (χ4v) is 4.41. The highest BCUT2D eigenvalue weighted by atomic mass is 32.2. The molecule has 1 atom stereocenters. The molecule has 0 saturated carbocycles. The second-order valence-electron chi connectivity index (χ2n) is 7.67. The highest BCUT2D eigenvalue weighted by molar-refractivity contribution is 7.99. The minimum absolute atomic E-state index is 0.150. The molecule has 0 radical (unpaired) electrons. The molecule has 2 heterocycles. The van der Waals surface area contributed by atoms with Gasteiger partial charge in [-0.3, -0.25) is 9.36 Å². The van der Waals surface area contributed by atoms with Crippen molar-refractivity contribution < 1.29 is 18.7 Å². The summed E-state index contributed by atoms with van der Waals surface area (Å²) in [4.78, 5) is 12.6. The van der Waals surface area contributed by atoms with E-state index in [-0.39, 0.29) is 30.3 Å². The van der Waals surface area contributed by atoms with Crippen molar-refractivity contribution in [2.24, 2.45) is 0 Å². The Morgan fingerprint density at radius 3 is 2.62 bits per heavy atom. The molecule has 9 heteroatoms. The molecule has 1 aromatic heterocycles. The van der Waals surface area contributed by atoms with Crippen LogP contribution in [0.15, 0.2) is 78.0 Å². The number of halogens is 1. The summed E-state index contributed by atoms with van der Waals surface area (Å²) in [5, 5.41) is 12.3. The molecule has 172 valence electrons. The third-order valence-corrected chi connectivity index (χ3v) is 6.29. The van der Waals surface area contributed by atoms with Crippen molar-refractivity contribution in [1.29, 1.82) is 0 Å². The minimum Gasteiger partial charge on any atom is -0.454 e. The number of nitrogens with one attached hydrogen (secondary N) is 1. The van der Waals surface area contributed by atoms with Crippen LogP contribution >= 0.6 is 11.8 Å². The van der Waals surface area contributed by atoms with E-state index in [0.29, 0.717) is 22.5 Å². The Kier molecular flexibility index (Phi) is 6.18. The highest BCUT2D eigenvalue weighted by Gasteiger charge is 2.21. The molecule has 7 nitrogen and oxygen atoms in total. The standard InChI is InChI=1S/C25H21FN4O3S/c1-16(17-7-10-19(26)11-8-17)27-23(31)14-34-25-29-28-24(30(25)20-5-3-2-4-6-20)18-9-12-21-22(13-18)33-15-32-21/h2-13,16H,14-15H2,1H3,(H,27,31)/t16-/m1/s1. The third-order valence-electron chi connectivity index (χ3n) is 5.36. The average molecular weight is 477 g/mol. The van der Waals surface area contributed by atoms with Gasteiger partial charge in [-0.25, -0.2) is 4.39 Å². The topological polar surface area (TPSA) is 78.3 Å². The molecule has 0 bridgehead atoms. The normalized spacial score (nSPS) is 13.0. The summed E-state index contributed by atoms with van der Waals surface area (Å²) in [5.41, 5.74) is 2.53. The fraction of sp³-hybridized carbons (Fsp3) is 0.160. The van der Waals surface area contributed by atoms with Gasteiger partial charge in [0.1, 0.15) is 5.82 Å². The Labute approximate surface area is 199 Å². The number of para-hydroxylation sites is 1. The summed E-state index contributed by atoms with van der Waals surface area (Å²) >= 11 is 1.29. The Hall–Kier alpha value is -3.85. The molecule has 4 aromatic rings. The monoisotopic (exact) mass is 476 g/mol. The van der Waals surface area contributed by atoms with Gasteiger partial charge < -0.3 is 14.8 Å². The number of hydrogen-bond donors (Lipinski definition) is 1. The number of thioether (sulfide) groups is 1. The third kappa shape index (κ3) is 4.60. The van der Waals surface area contributed by atoms with E-state index in [9.17, 15) is 9.18 Å². The van der Waals surface area contributed by atoms with Crippen molar-refractivity contribution in [3.63, 3.8) is 0 Å². The van der Waals surface area contributed by atoms with Gasteiger partial charge in [0.15, 0.2) is 22.5 Å². The summed E-state index contributed by atoms with van der Waals surface area (Å²) < 4.78 is 26.0. The van der Waals surface area contributed by atoms with Gasteiger partial charge in [0.25, 0.3) is 0 Å². The molecular weight excluding hydrogens is 455 g/mol. The first-order valence-electron chi connectivity index (χ1n) is 10.7. The number of amides is 1. The van der Waals surface area contributed by atoms with E-state index in [2.05, 4.69) is 15.5 Å². The Morgan fingerprint density at radius 1 is 1.06 bits per heavy atom. The van der Waals surface area contributed by atoms with Crippen molar-refractivity contribution in [3.8, 4) is 28.6 Å². The van der Waals surface area contributed by atoms with Crippen LogP contribution in [0.1, 0.15) is 18.5 Å². The molecule has 0 saturated heterocycles. The lowest BCUT2D eigenvalue weighted by Gasteiger charge is -2.14. The molecule has 1 aliphatic rings. The number of nitrogens with zero attached hydrogens (tertiary/aromatic N) is 3. The van der Waals surface area contributed by atoms with Crippen LogP contribution in [0, 0.1) is 5.82 Å². The lowest BCUT2D eigenvalue weighted by molar-refractivity contribution is -0.119. The van der Waals surface area contributed by atoms with Gasteiger partial charge in [-0.05, 0) is 55.0 Å². The Morgan fingerprint density at radius 2 is 1.82 bits per heavy atom. The number of fused-ring (bicyclic) bond motifs is 1. The van der Waals surface area contributed by atoms with Crippen LogP contribution in [0.5, 0.6) is 11.5 Å². The van der Waals surface area contributed by atoms with Gasteiger partial charge in [-0.1, -0.05) is 42.1 Å². The molecular formula is C25H21FN4O3S. The Balaban J connectivity index is 1.36. The van der Waals surface area contributed by atoms with Gasteiger partial charge in [-0.15, -0.1) is 10.2 Å².